The molecule has 2 rings (SSSR count). The smallest absolute Gasteiger partial charge is 0.330 e. The maximum atomic E-state index is 11.9. The van der Waals surface area contributed by atoms with Crippen LogP contribution < -0.4 is 0 Å². The van der Waals surface area contributed by atoms with Gasteiger partial charge >= 0.3 is 5.97 Å². The monoisotopic (exact) mass is 436 g/mol. The number of carbonyl (C=O) groups is 1. The first-order chi connectivity index (χ1) is 14.1. The van der Waals surface area contributed by atoms with Gasteiger partial charge in [-0.2, -0.15) is 0 Å². The van der Waals surface area contributed by atoms with E-state index in [-0.39, 0.29) is 11.4 Å². The molecule has 4 heteroatoms. The molecule has 0 amide bonds. The van der Waals surface area contributed by atoms with E-state index < -0.39 is 8.32 Å². The SMILES string of the molecule is CCOC(=O)/C=C/C(C)(C)[C@@H](C)[C@H]1CC[C@H]2[C@@H](O[Si](CC)(CC)CC)CCC[C@]12C. The maximum Gasteiger partial charge on any atom is 0.330 e. The van der Waals surface area contributed by atoms with Gasteiger partial charge in [-0.15, -0.1) is 0 Å². The molecule has 0 aromatic rings. The average Bonchev–Trinajstić information content (AvgIpc) is 3.08. The fourth-order valence-electron chi connectivity index (χ4n) is 6.59. The third-order valence-electron chi connectivity index (χ3n) is 9.18. The molecule has 2 saturated carbocycles. The summed E-state index contributed by atoms with van der Waals surface area (Å²) in [6.45, 7) is 18.8. The van der Waals surface area contributed by atoms with Crippen molar-refractivity contribution in [1.29, 1.82) is 0 Å². The zero-order chi connectivity index (χ0) is 22.6. The van der Waals surface area contributed by atoms with Gasteiger partial charge in [0.25, 0.3) is 0 Å². The molecule has 5 atom stereocenters. The van der Waals surface area contributed by atoms with Crippen LogP contribution in [0.4, 0.5) is 0 Å². The normalized spacial score (nSPS) is 31.0. The van der Waals surface area contributed by atoms with Crippen LogP contribution in [0.25, 0.3) is 0 Å². The second-order valence-corrected chi connectivity index (χ2v) is 15.5. The molecule has 0 N–H and O–H groups in total. The minimum atomic E-state index is -1.58. The molecule has 2 aliphatic rings. The van der Waals surface area contributed by atoms with Gasteiger partial charge in [-0.25, -0.2) is 4.79 Å². The minimum Gasteiger partial charge on any atom is -0.463 e. The van der Waals surface area contributed by atoms with Crippen LogP contribution in [0.2, 0.25) is 18.1 Å². The second-order valence-electron chi connectivity index (χ2n) is 10.8. The van der Waals surface area contributed by atoms with Crippen LogP contribution in [0, 0.1) is 28.6 Å². The zero-order valence-corrected chi connectivity index (χ0v) is 22.1. The van der Waals surface area contributed by atoms with Gasteiger partial charge in [-0.3, -0.25) is 0 Å². The van der Waals surface area contributed by atoms with Crippen molar-refractivity contribution in [2.75, 3.05) is 6.61 Å². The molecule has 174 valence electrons. The maximum absolute atomic E-state index is 11.9. The highest BCUT2D eigenvalue weighted by Gasteiger charge is 2.55. The zero-order valence-electron chi connectivity index (χ0n) is 21.1. The van der Waals surface area contributed by atoms with E-state index in [0.717, 1.165) is 0 Å². The van der Waals surface area contributed by atoms with Crippen LogP contribution in [-0.2, 0) is 14.0 Å². The molecule has 0 unspecified atom stereocenters. The van der Waals surface area contributed by atoms with Gasteiger partial charge in [-0.1, -0.05) is 61.0 Å². The van der Waals surface area contributed by atoms with Gasteiger partial charge in [0, 0.05) is 12.2 Å². The first-order valence-corrected chi connectivity index (χ1v) is 15.2. The third-order valence-corrected chi connectivity index (χ3v) is 13.9. The van der Waals surface area contributed by atoms with E-state index in [9.17, 15) is 4.79 Å². The lowest BCUT2D eigenvalue weighted by Crippen LogP contribution is -2.49. The Morgan fingerprint density at radius 1 is 1.13 bits per heavy atom. The number of fused-ring (bicyclic) bond motifs is 1. The lowest BCUT2D eigenvalue weighted by atomic mass is 9.58. The van der Waals surface area contributed by atoms with Gasteiger partial charge in [0.15, 0.2) is 8.32 Å². The van der Waals surface area contributed by atoms with E-state index in [1.54, 1.807) is 6.08 Å². The van der Waals surface area contributed by atoms with Gasteiger partial charge in [0.05, 0.1) is 6.61 Å². The Morgan fingerprint density at radius 2 is 1.77 bits per heavy atom. The van der Waals surface area contributed by atoms with E-state index in [1.807, 2.05) is 6.92 Å². The Labute approximate surface area is 187 Å². The molecule has 2 aliphatic carbocycles. The highest BCUT2D eigenvalue weighted by molar-refractivity contribution is 6.73. The molecule has 0 aromatic carbocycles. The molecule has 2 fully saturated rings. The van der Waals surface area contributed by atoms with Gasteiger partial charge in [-0.05, 0) is 79.3 Å². The number of carbonyl (C=O) groups excluding carboxylic acids is 1. The molecule has 0 spiro atoms. The van der Waals surface area contributed by atoms with Crippen molar-refractivity contribution in [2.45, 2.75) is 112 Å². The Morgan fingerprint density at radius 3 is 2.33 bits per heavy atom. The van der Waals surface area contributed by atoms with Crippen molar-refractivity contribution in [3.8, 4) is 0 Å². The Balaban J connectivity index is 2.18. The summed E-state index contributed by atoms with van der Waals surface area (Å²) in [6, 6.07) is 3.72. The lowest BCUT2D eigenvalue weighted by molar-refractivity contribution is -0.137. The van der Waals surface area contributed by atoms with Crippen molar-refractivity contribution < 1.29 is 14.0 Å². The molecule has 30 heavy (non-hydrogen) atoms. The Kier molecular flexibility index (Phi) is 8.84. The lowest BCUT2D eigenvalue weighted by Gasteiger charge is -2.50. The van der Waals surface area contributed by atoms with Crippen molar-refractivity contribution in [3.63, 3.8) is 0 Å². The first-order valence-electron chi connectivity index (χ1n) is 12.6. The topological polar surface area (TPSA) is 35.5 Å². The van der Waals surface area contributed by atoms with Crippen LogP contribution in [-0.4, -0.2) is 27.0 Å². The molecule has 0 radical (unpaired) electrons. The van der Waals surface area contributed by atoms with Crippen LogP contribution in [0.1, 0.15) is 87.5 Å². The van der Waals surface area contributed by atoms with Crippen LogP contribution in [0.3, 0.4) is 0 Å². The average molecular weight is 437 g/mol. The molecular formula is C26H48O3Si. The standard InChI is InChI=1S/C26H48O3Si/c1-9-28-24(27)17-19-25(6,7)20(5)21-15-16-22-23(14-13-18-26(21,22)8)29-30(10-2,11-3)12-4/h17,19-23H,9-16,18H2,1-8H3/b19-17+/t20-,21+,22-,23-,26+/m0/s1. The summed E-state index contributed by atoms with van der Waals surface area (Å²) in [4.78, 5) is 11.9. The second kappa shape index (κ2) is 10.3. The van der Waals surface area contributed by atoms with Crippen molar-refractivity contribution in [1.82, 2.24) is 0 Å². The summed E-state index contributed by atoms with van der Waals surface area (Å²) < 4.78 is 12.2. The molecule has 0 saturated heterocycles. The van der Waals surface area contributed by atoms with Crippen molar-refractivity contribution in [2.24, 2.45) is 28.6 Å². The van der Waals surface area contributed by atoms with Crippen molar-refractivity contribution in [3.05, 3.63) is 12.2 Å². The van der Waals surface area contributed by atoms with Crippen LogP contribution >= 0.6 is 0 Å². The minimum absolute atomic E-state index is 0.0299. The van der Waals surface area contributed by atoms with Gasteiger partial charge < -0.3 is 9.16 Å². The highest BCUT2D eigenvalue weighted by atomic mass is 28.4. The number of ether oxygens (including phenoxy) is 1. The van der Waals surface area contributed by atoms with Crippen LogP contribution in [0.15, 0.2) is 12.2 Å². The summed E-state index contributed by atoms with van der Waals surface area (Å²) in [6.07, 6.45) is 10.7. The molecule has 0 aliphatic heterocycles. The van der Waals surface area contributed by atoms with E-state index in [0.29, 0.717) is 35.9 Å². The third kappa shape index (κ3) is 5.23. The fourth-order valence-corrected chi connectivity index (χ4v) is 9.51. The number of allylic oxidation sites excluding steroid dienone is 1. The van der Waals surface area contributed by atoms with Crippen molar-refractivity contribution >= 4 is 14.3 Å². The number of hydrogen-bond acceptors (Lipinski definition) is 3. The van der Waals surface area contributed by atoms with Crippen LogP contribution in [0.5, 0.6) is 0 Å². The number of rotatable bonds is 10. The molecule has 0 bridgehead atoms. The first kappa shape index (κ1) is 25.6. The summed E-state index contributed by atoms with van der Waals surface area (Å²) in [5, 5.41) is 0. The van der Waals surface area contributed by atoms with E-state index in [2.05, 4.69) is 54.5 Å². The summed E-state index contributed by atoms with van der Waals surface area (Å²) in [5.41, 5.74) is 0.324. The van der Waals surface area contributed by atoms with Gasteiger partial charge in [0.1, 0.15) is 0 Å². The van der Waals surface area contributed by atoms with E-state index in [4.69, 9.17) is 9.16 Å². The van der Waals surface area contributed by atoms with Gasteiger partial charge in [0.2, 0.25) is 0 Å². The Hall–Kier alpha value is -0.613. The van der Waals surface area contributed by atoms with E-state index >= 15 is 0 Å². The Bertz CT molecular complexity index is 587. The predicted octanol–water partition coefficient (Wildman–Crippen LogP) is 7.37. The summed E-state index contributed by atoms with van der Waals surface area (Å²) >= 11 is 0. The fraction of sp³-hybridized carbons (Fsp3) is 0.885. The largest absolute Gasteiger partial charge is 0.463 e. The number of hydrogen-bond donors (Lipinski definition) is 0. The molecule has 3 nitrogen and oxygen atoms in total. The predicted molar refractivity (Wildman–Crippen MR) is 129 cm³/mol. The summed E-state index contributed by atoms with van der Waals surface area (Å²) in [7, 11) is -1.58. The molecular weight excluding hydrogens is 388 g/mol. The van der Waals surface area contributed by atoms with E-state index in [1.165, 1.54) is 50.2 Å². The quantitative estimate of drug-likeness (QED) is 0.204. The molecule has 0 aromatic heterocycles. The molecule has 0 heterocycles. The summed E-state index contributed by atoms with van der Waals surface area (Å²) in [5.74, 6) is 1.67. The highest BCUT2D eigenvalue weighted by Crippen LogP contribution is 2.61. The number of esters is 1.